The zero-order chi connectivity index (χ0) is 19.3. The number of hydrogen-bond acceptors (Lipinski definition) is 4. The second-order valence-electron chi connectivity index (χ2n) is 7.36. The van der Waals surface area contributed by atoms with Gasteiger partial charge in [0.15, 0.2) is 0 Å². The van der Waals surface area contributed by atoms with Crippen molar-refractivity contribution in [2.24, 2.45) is 0 Å². The zero-order valence-electron chi connectivity index (χ0n) is 15.9. The fourth-order valence-electron chi connectivity index (χ4n) is 3.95. The van der Waals surface area contributed by atoms with Gasteiger partial charge in [-0.1, -0.05) is 24.3 Å². The first-order valence-corrected chi connectivity index (χ1v) is 9.87. The maximum atomic E-state index is 13.7. The molecule has 0 saturated carbocycles. The first-order chi connectivity index (χ1) is 13.7. The van der Waals surface area contributed by atoms with Gasteiger partial charge in [-0.25, -0.2) is 4.39 Å². The number of carbonyl (C=O) groups is 1. The second-order valence-corrected chi connectivity index (χ2v) is 7.36. The van der Waals surface area contributed by atoms with E-state index in [1.165, 1.54) is 12.1 Å². The van der Waals surface area contributed by atoms with E-state index in [4.69, 9.17) is 4.74 Å². The van der Waals surface area contributed by atoms with Crippen molar-refractivity contribution in [1.82, 2.24) is 15.1 Å². The van der Waals surface area contributed by atoms with Crippen LogP contribution in [-0.4, -0.2) is 61.6 Å². The molecule has 2 saturated heterocycles. The Bertz CT molecular complexity index is 823. The molecule has 0 bridgehead atoms. The van der Waals surface area contributed by atoms with Crippen molar-refractivity contribution >= 4 is 5.91 Å². The molecule has 1 N–H and O–H groups in total. The Kier molecular flexibility index (Phi) is 6.00. The van der Waals surface area contributed by atoms with Gasteiger partial charge in [0.2, 0.25) is 0 Å². The molecule has 148 valence electrons. The number of morpholine rings is 1. The van der Waals surface area contributed by atoms with Gasteiger partial charge in [-0.3, -0.25) is 9.69 Å². The molecule has 2 aliphatic heterocycles. The molecule has 0 radical (unpaired) electrons. The van der Waals surface area contributed by atoms with E-state index in [9.17, 15) is 9.18 Å². The van der Waals surface area contributed by atoms with Crippen LogP contribution < -0.4 is 5.32 Å². The number of halogens is 1. The van der Waals surface area contributed by atoms with Crippen LogP contribution in [0.3, 0.4) is 0 Å². The van der Waals surface area contributed by atoms with Gasteiger partial charge in [-0.2, -0.15) is 0 Å². The third-order valence-corrected chi connectivity index (χ3v) is 5.42. The van der Waals surface area contributed by atoms with Gasteiger partial charge < -0.3 is 15.0 Å². The van der Waals surface area contributed by atoms with Crippen molar-refractivity contribution in [2.45, 2.75) is 12.6 Å². The summed E-state index contributed by atoms with van der Waals surface area (Å²) in [5.41, 5.74) is 2.64. The van der Waals surface area contributed by atoms with Crippen LogP contribution >= 0.6 is 0 Å². The highest BCUT2D eigenvalue weighted by atomic mass is 19.1. The van der Waals surface area contributed by atoms with E-state index in [1.807, 2.05) is 29.2 Å². The molecule has 0 aromatic heterocycles. The summed E-state index contributed by atoms with van der Waals surface area (Å²) in [7, 11) is 0. The van der Waals surface area contributed by atoms with Crippen LogP contribution in [0.1, 0.15) is 27.5 Å². The average Bonchev–Trinajstić information content (AvgIpc) is 2.74. The summed E-state index contributed by atoms with van der Waals surface area (Å²) >= 11 is 0. The smallest absolute Gasteiger partial charge is 0.254 e. The van der Waals surface area contributed by atoms with Crippen LogP contribution in [0.5, 0.6) is 0 Å². The van der Waals surface area contributed by atoms with Crippen LogP contribution in [0, 0.1) is 5.82 Å². The Balaban J connectivity index is 1.52. The molecule has 5 nitrogen and oxygen atoms in total. The molecule has 1 atom stereocenters. The van der Waals surface area contributed by atoms with Gasteiger partial charge in [0.05, 0.1) is 19.3 Å². The third kappa shape index (κ3) is 4.41. The summed E-state index contributed by atoms with van der Waals surface area (Å²) in [6, 6.07) is 14.2. The van der Waals surface area contributed by atoms with Gasteiger partial charge in [0, 0.05) is 44.8 Å². The van der Waals surface area contributed by atoms with E-state index >= 15 is 0 Å². The monoisotopic (exact) mass is 383 g/mol. The van der Waals surface area contributed by atoms with E-state index in [1.54, 1.807) is 6.07 Å². The summed E-state index contributed by atoms with van der Waals surface area (Å²) in [6.45, 7) is 6.14. The highest BCUT2D eigenvalue weighted by Crippen LogP contribution is 2.25. The number of amides is 1. The number of nitrogens with one attached hydrogen (secondary N) is 1. The van der Waals surface area contributed by atoms with Crippen molar-refractivity contribution < 1.29 is 13.9 Å². The fraction of sp³-hybridized carbons (Fsp3) is 0.409. The first kappa shape index (κ1) is 19.1. The summed E-state index contributed by atoms with van der Waals surface area (Å²) in [6.07, 6.45) is 0. The molecular formula is C22H26FN3O2. The van der Waals surface area contributed by atoms with Crippen LogP contribution in [0.15, 0.2) is 48.5 Å². The van der Waals surface area contributed by atoms with E-state index in [0.717, 1.165) is 50.5 Å². The van der Waals surface area contributed by atoms with Crippen molar-refractivity contribution in [1.29, 1.82) is 0 Å². The molecule has 1 amide bonds. The zero-order valence-corrected chi connectivity index (χ0v) is 15.9. The minimum Gasteiger partial charge on any atom is -0.379 e. The summed E-state index contributed by atoms with van der Waals surface area (Å²) in [4.78, 5) is 17.5. The highest BCUT2D eigenvalue weighted by Gasteiger charge is 2.29. The van der Waals surface area contributed by atoms with Crippen LogP contribution in [-0.2, 0) is 11.3 Å². The van der Waals surface area contributed by atoms with E-state index < -0.39 is 0 Å². The van der Waals surface area contributed by atoms with Crippen molar-refractivity contribution in [3.63, 3.8) is 0 Å². The lowest BCUT2D eigenvalue weighted by atomic mass is 10.0. The Labute approximate surface area is 165 Å². The summed E-state index contributed by atoms with van der Waals surface area (Å²) < 4.78 is 19.1. The van der Waals surface area contributed by atoms with Crippen LogP contribution in [0.25, 0.3) is 0 Å². The summed E-state index contributed by atoms with van der Waals surface area (Å²) in [5.74, 6) is -0.275. The number of nitrogens with zero attached hydrogens (tertiary/aromatic N) is 2. The molecule has 1 unspecified atom stereocenters. The SMILES string of the molecule is O=C(c1cccc(CN2CCOCC2)c1)N1CCNCC1c1cccc(F)c1. The summed E-state index contributed by atoms with van der Waals surface area (Å²) in [5, 5.41) is 3.32. The van der Waals surface area contributed by atoms with E-state index in [0.29, 0.717) is 18.7 Å². The fourth-order valence-corrected chi connectivity index (χ4v) is 3.95. The predicted octanol–water partition coefficient (Wildman–Crippen LogP) is 2.44. The minimum atomic E-state index is -0.275. The van der Waals surface area contributed by atoms with E-state index in [-0.39, 0.29) is 17.8 Å². The number of benzene rings is 2. The molecule has 2 heterocycles. The average molecular weight is 383 g/mol. The number of ether oxygens (including phenoxy) is 1. The largest absolute Gasteiger partial charge is 0.379 e. The van der Waals surface area contributed by atoms with Gasteiger partial charge >= 0.3 is 0 Å². The van der Waals surface area contributed by atoms with Crippen molar-refractivity contribution in [3.8, 4) is 0 Å². The Hall–Kier alpha value is -2.28. The molecule has 2 aromatic rings. The molecule has 2 fully saturated rings. The Morgan fingerprint density at radius 2 is 1.93 bits per heavy atom. The lowest BCUT2D eigenvalue weighted by Gasteiger charge is -2.36. The molecule has 6 heteroatoms. The molecule has 0 aliphatic carbocycles. The number of carbonyl (C=O) groups excluding carboxylic acids is 1. The maximum absolute atomic E-state index is 13.7. The lowest BCUT2D eigenvalue weighted by Crippen LogP contribution is -2.48. The van der Waals surface area contributed by atoms with Crippen molar-refractivity contribution in [3.05, 3.63) is 71.0 Å². The lowest BCUT2D eigenvalue weighted by molar-refractivity contribution is 0.0341. The minimum absolute atomic E-state index is 0.000381. The molecule has 2 aromatic carbocycles. The Morgan fingerprint density at radius 3 is 2.75 bits per heavy atom. The molecule has 4 rings (SSSR count). The predicted molar refractivity (Wildman–Crippen MR) is 106 cm³/mol. The quantitative estimate of drug-likeness (QED) is 0.881. The van der Waals surface area contributed by atoms with Crippen LogP contribution in [0.4, 0.5) is 4.39 Å². The van der Waals surface area contributed by atoms with Gasteiger partial charge in [0.25, 0.3) is 5.91 Å². The molecule has 0 spiro atoms. The standard InChI is InChI=1S/C22H26FN3O2/c23-20-6-2-4-18(14-20)21-15-24-7-8-26(21)22(27)19-5-1-3-17(13-19)16-25-9-11-28-12-10-25/h1-6,13-14,21,24H,7-12,15-16H2. The van der Waals surface area contributed by atoms with E-state index in [2.05, 4.69) is 16.3 Å². The normalized spacial score (nSPS) is 20.9. The van der Waals surface area contributed by atoms with Gasteiger partial charge in [0.1, 0.15) is 5.82 Å². The second kappa shape index (κ2) is 8.82. The third-order valence-electron chi connectivity index (χ3n) is 5.42. The van der Waals surface area contributed by atoms with Gasteiger partial charge in [-0.05, 0) is 35.4 Å². The highest BCUT2D eigenvalue weighted by molar-refractivity contribution is 5.94. The Morgan fingerprint density at radius 1 is 1.11 bits per heavy atom. The first-order valence-electron chi connectivity index (χ1n) is 9.87. The number of rotatable bonds is 4. The molecule has 28 heavy (non-hydrogen) atoms. The molecular weight excluding hydrogens is 357 g/mol. The van der Waals surface area contributed by atoms with Crippen LogP contribution in [0.2, 0.25) is 0 Å². The topological polar surface area (TPSA) is 44.8 Å². The number of piperazine rings is 1. The van der Waals surface area contributed by atoms with Crippen molar-refractivity contribution in [2.75, 3.05) is 45.9 Å². The molecule has 2 aliphatic rings. The van der Waals surface area contributed by atoms with Gasteiger partial charge in [-0.15, -0.1) is 0 Å². The maximum Gasteiger partial charge on any atom is 0.254 e. The number of hydrogen-bond donors (Lipinski definition) is 1.